The SMILES string of the molecule is O/N=C/c1cc[n+](Cc2ccc(CBr)cc2)cc1. The summed E-state index contributed by atoms with van der Waals surface area (Å²) >= 11 is 3.43. The number of aromatic nitrogens is 1. The van der Waals surface area contributed by atoms with Crippen LogP contribution < -0.4 is 4.57 Å². The molecule has 18 heavy (non-hydrogen) atoms. The quantitative estimate of drug-likeness (QED) is 0.305. The van der Waals surface area contributed by atoms with Crippen molar-refractivity contribution in [2.75, 3.05) is 0 Å². The monoisotopic (exact) mass is 305 g/mol. The number of oxime groups is 1. The van der Waals surface area contributed by atoms with Crippen molar-refractivity contribution in [1.29, 1.82) is 0 Å². The molecule has 92 valence electrons. The summed E-state index contributed by atoms with van der Waals surface area (Å²) in [5, 5.41) is 12.3. The van der Waals surface area contributed by atoms with E-state index in [1.807, 2.05) is 24.5 Å². The summed E-state index contributed by atoms with van der Waals surface area (Å²) in [5.74, 6) is 0. The molecule has 0 aliphatic rings. The van der Waals surface area contributed by atoms with Crippen molar-refractivity contribution >= 4 is 22.1 Å². The molecule has 0 aliphatic carbocycles. The van der Waals surface area contributed by atoms with Crippen LogP contribution in [0.1, 0.15) is 16.7 Å². The molecule has 0 bridgehead atoms. The Labute approximate surface area is 115 Å². The average Bonchev–Trinajstić information content (AvgIpc) is 2.42. The van der Waals surface area contributed by atoms with E-state index in [-0.39, 0.29) is 0 Å². The smallest absolute Gasteiger partial charge is 0.173 e. The highest BCUT2D eigenvalue weighted by Crippen LogP contribution is 2.07. The zero-order valence-electron chi connectivity index (χ0n) is 9.83. The van der Waals surface area contributed by atoms with E-state index in [9.17, 15) is 0 Å². The molecule has 0 fully saturated rings. The highest BCUT2D eigenvalue weighted by molar-refractivity contribution is 9.08. The van der Waals surface area contributed by atoms with E-state index in [1.54, 1.807) is 0 Å². The van der Waals surface area contributed by atoms with Gasteiger partial charge in [-0.05, 0) is 5.56 Å². The first-order chi connectivity index (χ1) is 8.81. The number of hydrogen-bond acceptors (Lipinski definition) is 2. The van der Waals surface area contributed by atoms with Gasteiger partial charge in [0.15, 0.2) is 18.9 Å². The third-order valence-corrected chi connectivity index (χ3v) is 3.31. The van der Waals surface area contributed by atoms with Crippen LogP contribution in [-0.2, 0) is 11.9 Å². The molecule has 1 aromatic carbocycles. The van der Waals surface area contributed by atoms with Gasteiger partial charge in [-0.15, -0.1) is 0 Å². The first-order valence-corrected chi connectivity index (χ1v) is 6.74. The van der Waals surface area contributed by atoms with Gasteiger partial charge in [0.25, 0.3) is 0 Å². The highest BCUT2D eigenvalue weighted by atomic mass is 79.9. The van der Waals surface area contributed by atoms with Crippen molar-refractivity contribution in [1.82, 2.24) is 0 Å². The lowest BCUT2D eigenvalue weighted by Gasteiger charge is -2.00. The summed E-state index contributed by atoms with van der Waals surface area (Å²) in [6, 6.07) is 12.3. The van der Waals surface area contributed by atoms with E-state index in [0.29, 0.717) is 0 Å². The molecule has 2 aromatic rings. The van der Waals surface area contributed by atoms with Gasteiger partial charge in [0, 0.05) is 28.6 Å². The minimum absolute atomic E-state index is 0.832. The first kappa shape index (κ1) is 12.8. The molecule has 0 saturated carbocycles. The van der Waals surface area contributed by atoms with E-state index in [4.69, 9.17) is 5.21 Å². The minimum Gasteiger partial charge on any atom is -0.411 e. The van der Waals surface area contributed by atoms with E-state index in [2.05, 4.69) is 49.9 Å². The zero-order chi connectivity index (χ0) is 12.8. The second-order valence-electron chi connectivity index (χ2n) is 4.00. The number of halogens is 1. The number of hydrogen-bond donors (Lipinski definition) is 1. The predicted octanol–water partition coefficient (Wildman–Crippen LogP) is 2.73. The summed E-state index contributed by atoms with van der Waals surface area (Å²) in [5.41, 5.74) is 3.41. The summed E-state index contributed by atoms with van der Waals surface area (Å²) in [4.78, 5) is 0. The van der Waals surface area contributed by atoms with Crippen LogP contribution >= 0.6 is 15.9 Å². The second-order valence-corrected chi connectivity index (χ2v) is 4.56. The van der Waals surface area contributed by atoms with Crippen molar-refractivity contribution in [2.24, 2.45) is 5.16 Å². The molecule has 1 heterocycles. The van der Waals surface area contributed by atoms with Gasteiger partial charge in [-0.25, -0.2) is 4.57 Å². The van der Waals surface area contributed by atoms with E-state index in [1.165, 1.54) is 17.3 Å². The van der Waals surface area contributed by atoms with Gasteiger partial charge in [-0.1, -0.05) is 45.4 Å². The fourth-order valence-electron chi connectivity index (χ4n) is 1.67. The van der Waals surface area contributed by atoms with Gasteiger partial charge >= 0.3 is 0 Å². The molecule has 1 aromatic heterocycles. The standard InChI is InChI=1S/C14H13BrN2O/c15-9-12-1-3-14(4-2-12)11-17-7-5-13(6-8-17)10-16-18/h1-8,10H,9,11H2/p+1. The third kappa shape index (κ3) is 3.40. The molecular formula is C14H14BrN2O+. The maximum absolute atomic E-state index is 8.43. The Kier molecular flexibility index (Phi) is 4.47. The lowest BCUT2D eigenvalue weighted by atomic mass is 10.1. The topological polar surface area (TPSA) is 36.5 Å². The highest BCUT2D eigenvalue weighted by Gasteiger charge is 2.02. The molecule has 0 saturated heterocycles. The number of pyridine rings is 1. The molecule has 2 rings (SSSR count). The number of nitrogens with zero attached hydrogens (tertiary/aromatic N) is 2. The van der Waals surface area contributed by atoms with Crippen molar-refractivity contribution in [3.8, 4) is 0 Å². The lowest BCUT2D eigenvalue weighted by molar-refractivity contribution is -0.688. The number of benzene rings is 1. The fraction of sp³-hybridized carbons (Fsp3) is 0.143. The van der Waals surface area contributed by atoms with Crippen molar-refractivity contribution < 1.29 is 9.77 Å². The summed E-state index contributed by atoms with van der Waals surface area (Å²) < 4.78 is 2.08. The Balaban J connectivity index is 2.08. The Morgan fingerprint density at radius 2 is 1.67 bits per heavy atom. The molecule has 0 spiro atoms. The molecule has 0 radical (unpaired) electrons. The van der Waals surface area contributed by atoms with E-state index in [0.717, 1.165) is 17.4 Å². The maximum Gasteiger partial charge on any atom is 0.173 e. The zero-order valence-corrected chi connectivity index (χ0v) is 11.4. The van der Waals surface area contributed by atoms with Crippen LogP contribution in [0, 0.1) is 0 Å². The lowest BCUT2D eigenvalue weighted by Crippen LogP contribution is -2.33. The fourth-order valence-corrected chi connectivity index (χ4v) is 2.05. The van der Waals surface area contributed by atoms with Crippen molar-refractivity contribution in [2.45, 2.75) is 11.9 Å². The minimum atomic E-state index is 0.832. The molecule has 3 nitrogen and oxygen atoms in total. The summed E-state index contributed by atoms with van der Waals surface area (Å²) in [6.45, 7) is 0.832. The molecular weight excluding hydrogens is 292 g/mol. The second kappa shape index (κ2) is 6.31. The van der Waals surface area contributed by atoms with E-state index < -0.39 is 0 Å². The van der Waals surface area contributed by atoms with Crippen LogP contribution in [-0.4, -0.2) is 11.4 Å². The molecule has 0 aliphatic heterocycles. The van der Waals surface area contributed by atoms with Gasteiger partial charge in [0.2, 0.25) is 0 Å². The van der Waals surface area contributed by atoms with Gasteiger partial charge < -0.3 is 5.21 Å². The van der Waals surface area contributed by atoms with E-state index >= 15 is 0 Å². The number of alkyl halides is 1. The van der Waals surface area contributed by atoms with Gasteiger partial charge in [0.1, 0.15) is 0 Å². The van der Waals surface area contributed by atoms with Gasteiger partial charge in [0.05, 0.1) is 6.21 Å². The van der Waals surface area contributed by atoms with Crippen molar-refractivity contribution in [3.05, 3.63) is 65.5 Å². The normalized spacial score (nSPS) is 10.9. The van der Waals surface area contributed by atoms with Crippen LogP contribution in [0.4, 0.5) is 0 Å². The Morgan fingerprint density at radius 1 is 1.06 bits per heavy atom. The van der Waals surface area contributed by atoms with Crippen LogP contribution in [0.25, 0.3) is 0 Å². The van der Waals surface area contributed by atoms with Crippen LogP contribution in [0.5, 0.6) is 0 Å². The molecule has 4 heteroatoms. The summed E-state index contributed by atoms with van der Waals surface area (Å²) in [6.07, 6.45) is 5.35. The molecule has 0 unspecified atom stereocenters. The largest absolute Gasteiger partial charge is 0.411 e. The third-order valence-electron chi connectivity index (χ3n) is 2.67. The predicted molar refractivity (Wildman–Crippen MR) is 74.2 cm³/mol. The number of rotatable bonds is 4. The Hall–Kier alpha value is -1.68. The summed E-state index contributed by atoms with van der Waals surface area (Å²) in [7, 11) is 0. The van der Waals surface area contributed by atoms with Gasteiger partial charge in [-0.3, -0.25) is 0 Å². The Morgan fingerprint density at radius 3 is 2.22 bits per heavy atom. The molecule has 0 atom stereocenters. The first-order valence-electron chi connectivity index (χ1n) is 5.62. The van der Waals surface area contributed by atoms with Crippen molar-refractivity contribution in [3.63, 3.8) is 0 Å². The van der Waals surface area contributed by atoms with Crippen LogP contribution in [0.2, 0.25) is 0 Å². The van der Waals surface area contributed by atoms with Crippen LogP contribution in [0.15, 0.2) is 53.9 Å². The Bertz CT molecular complexity index is 520. The maximum atomic E-state index is 8.43. The molecule has 0 amide bonds. The van der Waals surface area contributed by atoms with Gasteiger partial charge in [-0.2, -0.15) is 0 Å². The molecule has 1 N–H and O–H groups in total. The average molecular weight is 306 g/mol. The van der Waals surface area contributed by atoms with Crippen LogP contribution in [0.3, 0.4) is 0 Å².